The van der Waals surface area contributed by atoms with Crippen molar-refractivity contribution in [2.75, 3.05) is 32.4 Å². The van der Waals surface area contributed by atoms with Crippen molar-refractivity contribution >= 4 is 10.0 Å². The number of nitrogens with zero attached hydrogens (tertiary/aromatic N) is 1. The van der Waals surface area contributed by atoms with Gasteiger partial charge in [0.1, 0.15) is 0 Å². The lowest BCUT2D eigenvalue weighted by molar-refractivity contribution is 0.196. The van der Waals surface area contributed by atoms with E-state index in [1.165, 1.54) is 19.1 Å². The van der Waals surface area contributed by atoms with Crippen LogP contribution >= 0.6 is 0 Å². The summed E-state index contributed by atoms with van der Waals surface area (Å²) >= 11 is 0. The standard InChI is InChI=1S/C10H21N3O2S/c1-16(14,15)12-9-4-7-13(8-9)10-2-5-11-6-3-10/h9-12H,2-8H2,1H3/t9-/m1/s1. The molecule has 2 fully saturated rings. The van der Waals surface area contributed by atoms with E-state index in [1.54, 1.807) is 0 Å². The SMILES string of the molecule is CS(=O)(=O)N[C@@H]1CCN(C2CCNCC2)C1. The maximum Gasteiger partial charge on any atom is 0.208 e. The topological polar surface area (TPSA) is 61.4 Å². The zero-order valence-corrected chi connectivity index (χ0v) is 10.6. The summed E-state index contributed by atoms with van der Waals surface area (Å²) in [6.45, 7) is 4.08. The smallest absolute Gasteiger partial charge is 0.208 e. The molecule has 2 N–H and O–H groups in total. The monoisotopic (exact) mass is 247 g/mol. The Morgan fingerprint density at radius 2 is 1.94 bits per heavy atom. The minimum absolute atomic E-state index is 0.116. The van der Waals surface area contributed by atoms with Gasteiger partial charge in [0, 0.05) is 25.2 Å². The van der Waals surface area contributed by atoms with Gasteiger partial charge in [-0.25, -0.2) is 13.1 Å². The second kappa shape index (κ2) is 5.00. The predicted octanol–water partition coefficient (Wildman–Crippen LogP) is -0.638. The lowest BCUT2D eigenvalue weighted by atomic mass is 10.1. The Balaban J connectivity index is 1.83. The molecule has 94 valence electrons. The fourth-order valence-electron chi connectivity index (χ4n) is 2.69. The van der Waals surface area contributed by atoms with Crippen molar-refractivity contribution in [1.82, 2.24) is 14.9 Å². The van der Waals surface area contributed by atoms with Crippen molar-refractivity contribution < 1.29 is 8.42 Å². The van der Waals surface area contributed by atoms with Gasteiger partial charge >= 0.3 is 0 Å². The van der Waals surface area contributed by atoms with Crippen molar-refractivity contribution in [3.63, 3.8) is 0 Å². The van der Waals surface area contributed by atoms with Crippen LogP contribution in [0.15, 0.2) is 0 Å². The zero-order valence-electron chi connectivity index (χ0n) is 9.78. The fraction of sp³-hybridized carbons (Fsp3) is 1.00. The molecule has 0 bridgehead atoms. The van der Waals surface area contributed by atoms with Crippen LogP contribution in [0.25, 0.3) is 0 Å². The average Bonchev–Trinajstić information content (AvgIpc) is 2.65. The summed E-state index contributed by atoms with van der Waals surface area (Å²) in [5.41, 5.74) is 0. The highest BCUT2D eigenvalue weighted by Gasteiger charge is 2.30. The van der Waals surface area contributed by atoms with Crippen LogP contribution in [0.4, 0.5) is 0 Å². The van der Waals surface area contributed by atoms with E-state index in [-0.39, 0.29) is 6.04 Å². The minimum Gasteiger partial charge on any atom is -0.317 e. The third-order valence-electron chi connectivity index (χ3n) is 3.43. The highest BCUT2D eigenvalue weighted by Crippen LogP contribution is 2.18. The second-order valence-electron chi connectivity index (χ2n) is 4.85. The Morgan fingerprint density at radius 3 is 2.56 bits per heavy atom. The lowest BCUT2D eigenvalue weighted by Crippen LogP contribution is -2.44. The van der Waals surface area contributed by atoms with E-state index in [9.17, 15) is 8.42 Å². The third kappa shape index (κ3) is 3.41. The Bertz CT molecular complexity index is 325. The predicted molar refractivity (Wildman–Crippen MR) is 63.8 cm³/mol. The third-order valence-corrected chi connectivity index (χ3v) is 4.19. The van der Waals surface area contributed by atoms with Gasteiger partial charge in [-0.3, -0.25) is 4.90 Å². The maximum absolute atomic E-state index is 11.1. The quantitative estimate of drug-likeness (QED) is 0.696. The summed E-state index contributed by atoms with van der Waals surface area (Å²) in [5.74, 6) is 0. The van der Waals surface area contributed by atoms with Crippen LogP contribution in [-0.2, 0) is 10.0 Å². The molecule has 0 spiro atoms. The Hall–Kier alpha value is -0.170. The van der Waals surface area contributed by atoms with Crippen molar-refractivity contribution in [2.24, 2.45) is 0 Å². The molecule has 1 atom stereocenters. The zero-order chi connectivity index (χ0) is 11.6. The van der Waals surface area contributed by atoms with E-state index in [0.29, 0.717) is 6.04 Å². The molecular weight excluding hydrogens is 226 g/mol. The molecule has 0 amide bonds. The number of rotatable bonds is 3. The molecule has 0 unspecified atom stereocenters. The second-order valence-corrected chi connectivity index (χ2v) is 6.63. The molecule has 0 aliphatic carbocycles. The van der Waals surface area contributed by atoms with Crippen LogP contribution in [0.5, 0.6) is 0 Å². The molecule has 2 aliphatic heterocycles. The first-order valence-electron chi connectivity index (χ1n) is 5.97. The van der Waals surface area contributed by atoms with Crippen LogP contribution in [0.1, 0.15) is 19.3 Å². The van der Waals surface area contributed by atoms with Crippen LogP contribution in [0.3, 0.4) is 0 Å². The van der Waals surface area contributed by atoms with Gasteiger partial charge in [0.25, 0.3) is 0 Å². The van der Waals surface area contributed by atoms with Crippen molar-refractivity contribution in [3.8, 4) is 0 Å². The molecule has 2 aliphatic rings. The summed E-state index contributed by atoms with van der Waals surface area (Å²) in [5, 5.41) is 3.35. The van der Waals surface area contributed by atoms with E-state index < -0.39 is 10.0 Å². The van der Waals surface area contributed by atoms with Crippen molar-refractivity contribution in [3.05, 3.63) is 0 Å². The molecular formula is C10H21N3O2S. The van der Waals surface area contributed by atoms with E-state index in [1.807, 2.05) is 0 Å². The Morgan fingerprint density at radius 1 is 1.25 bits per heavy atom. The molecule has 16 heavy (non-hydrogen) atoms. The van der Waals surface area contributed by atoms with E-state index in [2.05, 4.69) is 14.9 Å². The summed E-state index contributed by atoms with van der Waals surface area (Å²) < 4.78 is 25.0. The van der Waals surface area contributed by atoms with Crippen LogP contribution < -0.4 is 10.0 Å². The van der Waals surface area contributed by atoms with Crippen LogP contribution in [0.2, 0.25) is 0 Å². The van der Waals surface area contributed by atoms with Crippen molar-refractivity contribution in [2.45, 2.75) is 31.3 Å². The van der Waals surface area contributed by atoms with E-state index >= 15 is 0 Å². The number of hydrogen-bond acceptors (Lipinski definition) is 4. The van der Waals surface area contributed by atoms with Gasteiger partial charge in [0.15, 0.2) is 0 Å². The molecule has 5 nitrogen and oxygen atoms in total. The maximum atomic E-state index is 11.1. The van der Waals surface area contributed by atoms with Crippen LogP contribution in [-0.4, -0.2) is 57.8 Å². The Labute approximate surface area is 97.6 Å². The first kappa shape index (κ1) is 12.3. The van der Waals surface area contributed by atoms with Crippen molar-refractivity contribution in [1.29, 1.82) is 0 Å². The number of hydrogen-bond donors (Lipinski definition) is 2. The van der Waals surface area contributed by atoms with E-state index in [4.69, 9.17) is 0 Å². The molecule has 0 aromatic heterocycles. The lowest BCUT2D eigenvalue weighted by Gasteiger charge is -2.31. The normalized spacial score (nSPS) is 29.7. The fourth-order valence-corrected chi connectivity index (χ4v) is 3.49. The number of nitrogens with one attached hydrogen (secondary N) is 2. The van der Waals surface area contributed by atoms with Crippen LogP contribution in [0, 0.1) is 0 Å². The first-order valence-corrected chi connectivity index (χ1v) is 7.86. The average molecular weight is 247 g/mol. The molecule has 0 aromatic carbocycles. The number of sulfonamides is 1. The summed E-state index contributed by atoms with van der Waals surface area (Å²) in [7, 11) is -3.05. The number of likely N-dealkylation sites (tertiary alicyclic amines) is 1. The highest BCUT2D eigenvalue weighted by molar-refractivity contribution is 7.88. The summed E-state index contributed by atoms with van der Waals surface area (Å²) in [4.78, 5) is 2.43. The van der Waals surface area contributed by atoms with Gasteiger partial charge in [-0.05, 0) is 32.4 Å². The minimum atomic E-state index is -3.05. The van der Waals surface area contributed by atoms with Gasteiger partial charge in [0.2, 0.25) is 10.0 Å². The molecule has 2 heterocycles. The highest BCUT2D eigenvalue weighted by atomic mass is 32.2. The molecule has 0 saturated carbocycles. The summed E-state index contributed by atoms with van der Waals surface area (Å²) in [6, 6.07) is 0.762. The molecule has 2 saturated heterocycles. The van der Waals surface area contributed by atoms with Gasteiger partial charge in [-0.2, -0.15) is 0 Å². The largest absolute Gasteiger partial charge is 0.317 e. The number of piperidine rings is 1. The van der Waals surface area contributed by atoms with Gasteiger partial charge in [0.05, 0.1) is 6.26 Å². The van der Waals surface area contributed by atoms with Gasteiger partial charge < -0.3 is 5.32 Å². The summed E-state index contributed by atoms with van der Waals surface area (Å²) in [6.07, 6.45) is 4.55. The first-order chi connectivity index (χ1) is 7.54. The molecule has 0 radical (unpaired) electrons. The molecule has 6 heteroatoms. The molecule has 2 rings (SSSR count). The van der Waals surface area contributed by atoms with Gasteiger partial charge in [-0.15, -0.1) is 0 Å². The molecule has 0 aromatic rings. The van der Waals surface area contributed by atoms with E-state index in [0.717, 1.165) is 32.6 Å². The van der Waals surface area contributed by atoms with Gasteiger partial charge in [-0.1, -0.05) is 0 Å². The Kier molecular flexibility index (Phi) is 3.84.